The number of aromatic nitrogens is 1. The van der Waals surface area contributed by atoms with Gasteiger partial charge in [0, 0.05) is 19.5 Å². The van der Waals surface area contributed by atoms with Crippen LogP contribution in [-0.4, -0.2) is 36.6 Å². The maximum Gasteiger partial charge on any atom is 0.222 e. The van der Waals surface area contributed by atoms with E-state index in [0.29, 0.717) is 13.0 Å². The number of nitrogens with one attached hydrogen (secondary N) is 1. The Morgan fingerprint density at radius 3 is 2.94 bits per heavy atom. The van der Waals surface area contributed by atoms with Crippen molar-refractivity contribution in [3.8, 4) is 0 Å². The van der Waals surface area contributed by atoms with Crippen molar-refractivity contribution in [3.63, 3.8) is 0 Å². The highest BCUT2D eigenvalue weighted by Crippen LogP contribution is 2.05. The molecule has 0 aliphatic rings. The molecule has 0 aromatic carbocycles. The average Bonchev–Trinajstić information content (AvgIpc) is 2.64. The molecular weight excluding hydrogens is 206 g/mol. The standard InChI is InChI=1S/C11H19N3O2/c1-9-7-10(13-16-9)8-14(3)11(15)5-4-6-12-2/h7,12H,4-6,8H2,1-3H3. The number of aryl methyl sites for hydroxylation is 1. The largest absolute Gasteiger partial charge is 0.361 e. The predicted molar refractivity (Wildman–Crippen MR) is 60.9 cm³/mol. The van der Waals surface area contributed by atoms with Crippen LogP contribution in [-0.2, 0) is 11.3 Å². The first-order valence-corrected chi connectivity index (χ1v) is 5.44. The fourth-order valence-electron chi connectivity index (χ4n) is 1.43. The molecule has 0 unspecified atom stereocenters. The first kappa shape index (κ1) is 12.7. The first-order chi connectivity index (χ1) is 7.63. The molecule has 0 radical (unpaired) electrons. The molecule has 1 N–H and O–H groups in total. The van der Waals surface area contributed by atoms with Gasteiger partial charge < -0.3 is 14.7 Å². The molecule has 0 saturated heterocycles. The minimum atomic E-state index is 0.135. The van der Waals surface area contributed by atoms with Crippen LogP contribution >= 0.6 is 0 Å². The van der Waals surface area contributed by atoms with Crippen molar-refractivity contribution >= 4 is 5.91 Å². The zero-order valence-corrected chi connectivity index (χ0v) is 10.1. The maximum absolute atomic E-state index is 11.7. The maximum atomic E-state index is 11.7. The number of carbonyl (C=O) groups excluding carboxylic acids is 1. The lowest BCUT2D eigenvalue weighted by molar-refractivity contribution is -0.130. The zero-order chi connectivity index (χ0) is 12.0. The van der Waals surface area contributed by atoms with Gasteiger partial charge in [-0.1, -0.05) is 5.16 Å². The number of carbonyl (C=O) groups is 1. The predicted octanol–water partition coefficient (Wildman–Crippen LogP) is 0.941. The lowest BCUT2D eigenvalue weighted by Gasteiger charge is -2.15. The summed E-state index contributed by atoms with van der Waals surface area (Å²) in [6, 6.07) is 1.84. The summed E-state index contributed by atoms with van der Waals surface area (Å²) in [7, 11) is 3.66. The molecular formula is C11H19N3O2. The van der Waals surface area contributed by atoms with E-state index in [-0.39, 0.29) is 5.91 Å². The SMILES string of the molecule is CNCCCC(=O)N(C)Cc1cc(C)on1. The van der Waals surface area contributed by atoms with Gasteiger partial charge in [-0.15, -0.1) is 0 Å². The van der Waals surface area contributed by atoms with Crippen LogP contribution in [0.25, 0.3) is 0 Å². The second kappa shape index (κ2) is 6.27. The van der Waals surface area contributed by atoms with Crippen molar-refractivity contribution in [2.45, 2.75) is 26.3 Å². The van der Waals surface area contributed by atoms with E-state index in [0.717, 1.165) is 24.4 Å². The molecule has 0 spiro atoms. The molecule has 0 atom stereocenters. The van der Waals surface area contributed by atoms with Crippen molar-refractivity contribution in [2.24, 2.45) is 0 Å². The Labute approximate surface area is 95.8 Å². The highest BCUT2D eigenvalue weighted by molar-refractivity contribution is 5.75. The van der Waals surface area contributed by atoms with Crippen LogP contribution in [0.3, 0.4) is 0 Å². The van der Waals surface area contributed by atoms with Gasteiger partial charge in [-0.2, -0.15) is 0 Å². The Morgan fingerprint density at radius 2 is 2.38 bits per heavy atom. The van der Waals surface area contributed by atoms with Crippen LogP contribution in [0.2, 0.25) is 0 Å². The third kappa shape index (κ3) is 4.02. The molecule has 0 fully saturated rings. The summed E-state index contributed by atoms with van der Waals surface area (Å²) < 4.78 is 4.95. The first-order valence-electron chi connectivity index (χ1n) is 5.44. The Hall–Kier alpha value is -1.36. The van der Waals surface area contributed by atoms with E-state index in [1.165, 1.54) is 0 Å². The molecule has 0 aliphatic carbocycles. The fraction of sp³-hybridized carbons (Fsp3) is 0.636. The highest BCUT2D eigenvalue weighted by atomic mass is 16.5. The van der Waals surface area contributed by atoms with E-state index >= 15 is 0 Å². The topological polar surface area (TPSA) is 58.4 Å². The summed E-state index contributed by atoms with van der Waals surface area (Å²) in [5.74, 6) is 0.905. The average molecular weight is 225 g/mol. The normalized spacial score (nSPS) is 10.4. The Kier molecular flexibility index (Phi) is 4.98. The Balaban J connectivity index is 2.34. The summed E-state index contributed by atoms with van der Waals surface area (Å²) in [4.78, 5) is 13.3. The molecule has 1 aromatic rings. The Bertz CT molecular complexity index is 336. The van der Waals surface area contributed by atoms with Crippen LogP contribution < -0.4 is 5.32 Å². The molecule has 16 heavy (non-hydrogen) atoms. The van der Waals surface area contributed by atoms with Crippen molar-refractivity contribution in [1.29, 1.82) is 0 Å². The van der Waals surface area contributed by atoms with E-state index in [2.05, 4.69) is 10.5 Å². The number of nitrogens with zero attached hydrogens (tertiary/aromatic N) is 2. The van der Waals surface area contributed by atoms with Gasteiger partial charge in [0.2, 0.25) is 5.91 Å². The smallest absolute Gasteiger partial charge is 0.222 e. The van der Waals surface area contributed by atoms with Gasteiger partial charge in [-0.25, -0.2) is 0 Å². The molecule has 1 aromatic heterocycles. The molecule has 0 bridgehead atoms. The summed E-state index contributed by atoms with van der Waals surface area (Å²) in [5.41, 5.74) is 0.793. The second-order valence-corrected chi connectivity index (χ2v) is 3.89. The van der Waals surface area contributed by atoms with Gasteiger partial charge in [0.1, 0.15) is 11.5 Å². The van der Waals surface area contributed by atoms with Crippen LogP contribution in [0.1, 0.15) is 24.3 Å². The molecule has 1 amide bonds. The van der Waals surface area contributed by atoms with Gasteiger partial charge in [0.05, 0.1) is 6.54 Å². The van der Waals surface area contributed by atoms with Crippen LogP contribution in [0.4, 0.5) is 0 Å². The lowest BCUT2D eigenvalue weighted by atomic mass is 10.2. The van der Waals surface area contributed by atoms with Crippen LogP contribution in [0, 0.1) is 6.92 Å². The highest BCUT2D eigenvalue weighted by Gasteiger charge is 2.10. The third-order valence-corrected chi connectivity index (χ3v) is 2.32. The van der Waals surface area contributed by atoms with E-state index in [1.54, 1.807) is 11.9 Å². The van der Waals surface area contributed by atoms with E-state index < -0.39 is 0 Å². The summed E-state index contributed by atoms with van der Waals surface area (Å²) in [6.07, 6.45) is 1.42. The number of amides is 1. The molecule has 0 aliphatic heterocycles. The van der Waals surface area contributed by atoms with E-state index in [1.807, 2.05) is 20.0 Å². The van der Waals surface area contributed by atoms with Gasteiger partial charge >= 0.3 is 0 Å². The molecule has 90 valence electrons. The second-order valence-electron chi connectivity index (χ2n) is 3.89. The van der Waals surface area contributed by atoms with Crippen molar-refractivity contribution in [1.82, 2.24) is 15.4 Å². The fourth-order valence-corrected chi connectivity index (χ4v) is 1.43. The Morgan fingerprint density at radius 1 is 1.62 bits per heavy atom. The summed E-state index contributed by atoms with van der Waals surface area (Å²) >= 11 is 0. The monoisotopic (exact) mass is 225 g/mol. The van der Waals surface area contributed by atoms with Crippen molar-refractivity contribution < 1.29 is 9.32 Å². The van der Waals surface area contributed by atoms with Crippen molar-refractivity contribution in [3.05, 3.63) is 17.5 Å². The van der Waals surface area contributed by atoms with E-state index in [9.17, 15) is 4.79 Å². The van der Waals surface area contributed by atoms with Crippen molar-refractivity contribution in [2.75, 3.05) is 20.6 Å². The van der Waals surface area contributed by atoms with Crippen LogP contribution in [0.5, 0.6) is 0 Å². The number of rotatable bonds is 6. The van der Waals surface area contributed by atoms with Gasteiger partial charge in [-0.05, 0) is 26.9 Å². The molecule has 1 heterocycles. The molecule has 1 rings (SSSR count). The lowest BCUT2D eigenvalue weighted by Crippen LogP contribution is -2.26. The van der Waals surface area contributed by atoms with Gasteiger partial charge in [-0.3, -0.25) is 4.79 Å². The number of hydrogen-bond donors (Lipinski definition) is 1. The minimum Gasteiger partial charge on any atom is -0.361 e. The number of hydrogen-bond acceptors (Lipinski definition) is 4. The minimum absolute atomic E-state index is 0.135. The quantitative estimate of drug-likeness (QED) is 0.732. The summed E-state index contributed by atoms with van der Waals surface area (Å²) in [6.45, 7) is 3.21. The summed E-state index contributed by atoms with van der Waals surface area (Å²) in [5, 5.41) is 6.87. The van der Waals surface area contributed by atoms with Gasteiger partial charge in [0.15, 0.2) is 0 Å². The molecule has 5 nitrogen and oxygen atoms in total. The van der Waals surface area contributed by atoms with E-state index in [4.69, 9.17) is 4.52 Å². The molecule has 5 heteroatoms. The van der Waals surface area contributed by atoms with Gasteiger partial charge in [0.25, 0.3) is 0 Å². The van der Waals surface area contributed by atoms with Crippen LogP contribution in [0.15, 0.2) is 10.6 Å². The third-order valence-electron chi connectivity index (χ3n) is 2.32. The zero-order valence-electron chi connectivity index (χ0n) is 10.1. The molecule has 0 saturated carbocycles.